The molecule has 106 valence electrons. The van der Waals surface area contributed by atoms with Crippen LogP contribution in [-0.4, -0.2) is 11.7 Å². The van der Waals surface area contributed by atoms with Crippen molar-refractivity contribution in [3.63, 3.8) is 0 Å². The third kappa shape index (κ3) is 3.00. The van der Waals surface area contributed by atoms with E-state index in [1.807, 2.05) is 0 Å². The topological polar surface area (TPSA) is 46.2 Å². The minimum atomic E-state index is -4.35. The van der Waals surface area contributed by atoms with E-state index in [1.165, 1.54) is 12.1 Å². The monoisotopic (exact) mass is 281 g/mol. The van der Waals surface area contributed by atoms with Crippen molar-refractivity contribution in [3.05, 3.63) is 59.7 Å². The Morgan fingerprint density at radius 3 is 2.15 bits per heavy atom. The van der Waals surface area contributed by atoms with Crippen molar-refractivity contribution in [1.82, 2.24) is 0 Å². The number of hydrogen-bond donors (Lipinski definition) is 2. The first-order valence-corrected chi connectivity index (χ1v) is 6.06. The van der Waals surface area contributed by atoms with E-state index in [4.69, 9.17) is 10.8 Å². The van der Waals surface area contributed by atoms with Gasteiger partial charge in [0.1, 0.15) is 0 Å². The average molecular weight is 281 g/mol. The minimum absolute atomic E-state index is 0.225. The molecule has 0 fully saturated rings. The van der Waals surface area contributed by atoms with E-state index < -0.39 is 17.8 Å². The number of alkyl halides is 3. The van der Waals surface area contributed by atoms with Crippen molar-refractivity contribution >= 4 is 0 Å². The maximum absolute atomic E-state index is 12.5. The van der Waals surface area contributed by atoms with Crippen LogP contribution in [0.1, 0.15) is 17.2 Å². The van der Waals surface area contributed by atoms with Gasteiger partial charge in [-0.25, -0.2) is 0 Å². The molecule has 0 heterocycles. The Morgan fingerprint density at radius 2 is 1.60 bits per heavy atom. The van der Waals surface area contributed by atoms with Gasteiger partial charge in [-0.1, -0.05) is 36.4 Å². The van der Waals surface area contributed by atoms with E-state index in [1.54, 1.807) is 24.3 Å². The molecule has 2 nitrogen and oxygen atoms in total. The third-order valence-electron chi connectivity index (χ3n) is 3.08. The van der Waals surface area contributed by atoms with Crippen molar-refractivity contribution in [3.8, 4) is 11.1 Å². The predicted octanol–water partition coefficient (Wildman–Crippen LogP) is 3.36. The smallest absolute Gasteiger partial charge is 0.394 e. The predicted molar refractivity (Wildman–Crippen MR) is 70.9 cm³/mol. The summed E-state index contributed by atoms with van der Waals surface area (Å²) in [7, 11) is 0. The van der Waals surface area contributed by atoms with Crippen LogP contribution >= 0.6 is 0 Å². The summed E-state index contributed by atoms with van der Waals surface area (Å²) in [5.41, 5.74) is 7.18. The van der Waals surface area contributed by atoms with Gasteiger partial charge in [0.25, 0.3) is 0 Å². The van der Waals surface area contributed by atoms with Crippen LogP contribution in [0.4, 0.5) is 13.2 Å². The van der Waals surface area contributed by atoms with Crippen molar-refractivity contribution in [2.75, 3.05) is 6.61 Å². The standard InChI is InChI=1S/C15H14F3NO/c16-15(17,18)11-7-5-10(6-8-11)12-3-1-2-4-13(12)14(19)9-20/h1-8,14,20H,9,19H2. The van der Waals surface area contributed by atoms with E-state index in [9.17, 15) is 13.2 Å². The fourth-order valence-corrected chi connectivity index (χ4v) is 2.02. The fourth-order valence-electron chi connectivity index (χ4n) is 2.02. The Hall–Kier alpha value is -1.85. The average Bonchev–Trinajstić information content (AvgIpc) is 2.45. The SMILES string of the molecule is NC(CO)c1ccccc1-c1ccc(C(F)(F)F)cc1. The van der Waals surface area contributed by atoms with Gasteiger partial charge >= 0.3 is 6.18 Å². The van der Waals surface area contributed by atoms with Gasteiger partial charge in [0.2, 0.25) is 0 Å². The van der Waals surface area contributed by atoms with E-state index >= 15 is 0 Å². The first kappa shape index (κ1) is 14.6. The Bertz CT molecular complexity index is 578. The molecule has 0 aromatic heterocycles. The summed E-state index contributed by atoms with van der Waals surface area (Å²) in [4.78, 5) is 0. The highest BCUT2D eigenvalue weighted by atomic mass is 19.4. The number of hydrogen-bond acceptors (Lipinski definition) is 2. The second-order valence-electron chi connectivity index (χ2n) is 4.45. The zero-order chi connectivity index (χ0) is 14.8. The lowest BCUT2D eigenvalue weighted by molar-refractivity contribution is -0.137. The maximum Gasteiger partial charge on any atom is 0.416 e. The van der Waals surface area contributed by atoms with Crippen LogP contribution in [0.15, 0.2) is 48.5 Å². The lowest BCUT2D eigenvalue weighted by Crippen LogP contribution is -2.15. The zero-order valence-electron chi connectivity index (χ0n) is 10.6. The van der Waals surface area contributed by atoms with Crippen molar-refractivity contribution in [2.24, 2.45) is 5.73 Å². The van der Waals surface area contributed by atoms with Crippen molar-refractivity contribution in [1.29, 1.82) is 0 Å². The van der Waals surface area contributed by atoms with Crippen LogP contribution in [-0.2, 0) is 6.18 Å². The Kier molecular flexibility index (Phi) is 4.11. The molecule has 1 unspecified atom stereocenters. The second-order valence-corrected chi connectivity index (χ2v) is 4.45. The molecule has 0 saturated carbocycles. The molecule has 0 radical (unpaired) electrons. The molecule has 0 aliphatic rings. The summed E-state index contributed by atoms with van der Waals surface area (Å²) in [6.07, 6.45) is -4.35. The lowest BCUT2D eigenvalue weighted by Gasteiger charge is -2.15. The highest BCUT2D eigenvalue weighted by molar-refractivity contribution is 5.68. The zero-order valence-corrected chi connectivity index (χ0v) is 10.6. The molecular formula is C15H14F3NO. The van der Waals surface area contributed by atoms with Gasteiger partial charge in [0, 0.05) is 0 Å². The number of nitrogens with two attached hydrogens (primary N) is 1. The Labute approximate surface area is 114 Å². The molecule has 0 amide bonds. The fraction of sp³-hybridized carbons (Fsp3) is 0.200. The lowest BCUT2D eigenvalue weighted by atomic mass is 9.95. The first-order valence-electron chi connectivity index (χ1n) is 6.06. The highest BCUT2D eigenvalue weighted by Gasteiger charge is 2.30. The molecule has 0 bridgehead atoms. The van der Waals surface area contributed by atoms with Crippen LogP contribution < -0.4 is 5.73 Å². The molecule has 5 heteroatoms. The van der Waals surface area contributed by atoms with Crippen LogP contribution in [0.5, 0.6) is 0 Å². The van der Waals surface area contributed by atoms with Crippen molar-refractivity contribution < 1.29 is 18.3 Å². The second kappa shape index (κ2) is 5.64. The molecule has 2 aromatic rings. The molecule has 0 aliphatic heterocycles. The normalized spacial score (nSPS) is 13.2. The number of benzene rings is 2. The third-order valence-corrected chi connectivity index (χ3v) is 3.08. The molecular weight excluding hydrogens is 267 g/mol. The number of aliphatic hydroxyl groups excluding tert-OH is 1. The van der Waals surface area contributed by atoms with E-state index in [2.05, 4.69) is 0 Å². The molecule has 3 N–H and O–H groups in total. The Morgan fingerprint density at radius 1 is 1.00 bits per heavy atom. The van der Waals surface area contributed by atoms with Crippen LogP contribution in [0.25, 0.3) is 11.1 Å². The number of rotatable bonds is 3. The highest BCUT2D eigenvalue weighted by Crippen LogP contribution is 2.32. The van der Waals surface area contributed by atoms with Gasteiger partial charge in [-0.3, -0.25) is 0 Å². The van der Waals surface area contributed by atoms with Gasteiger partial charge in [-0.15, -0.1) is 0 Å². The molecule has 0 spiro atoms. The summed E-state index contributed by atoms with van der Waals surface area (Å²) in [5.74, 6) is 0. The van der Waals surface area contributed by atoms with Gasteiger partial charge in [0.05, 0.1) is 18.2 Å². The van der Waals surface area contributed by atoms with Gasteiger partial charge in [0.15, 0.2) is 0 Å². The molecule has 20 heavy (non-hydrogen) atoms. The first-order chi connectivity index (χ1) is 9.43. The van der Waals surface area contributed by atoms with Crippen molar-refractivity contribution in [2.45, 2.75) is 12.2 Å². The summed E-state index contributed by atoms with van der Waals surface area (Å²) in [5, 5.41) is 9.14. The van der Waals surface area contributed by atoms with Crippen LogP contribution in [0.2, 0.25) is 0 Å². The minimum Gasteiger partial charge on any atom is -0.394 e. The molecule has 0 aliphatic carbocycles. The summed E-state index contributed by atoms with van der Waals surface area (Å²) >= 11 is 0. The van der Waals surface area contributed by atoms with E-state index in [0.29, 0.717) is 11.1 Å². The quantitative estimate of drug-likeness (QED) is 0.906. The number of aliphatic hydroxyl groups is 1. The summed E-state index contributed by atoms with van der Waals surface area (Å²) in [6, 6.07) is 11.4. The van der Waals surface area contributed by atoms with E-state index in [0.717, 1.165) is 17.7 Å². The van der Waals surface area contributed by atoms with Gasteiger partial charge in [-0.2, -0.15) is 13.2 Å². The molecule has 2 aromatic carbocycles. The maximum atomic E-state index is 12.5. The largest absolute Gasteiger partial charge is 0.416 e. The van der Waals surface area contributed by atoms with Gasteiger partial charge < -0.3 is 10.8 Å². The summed E-state index contributed by atoms with van der Waals surface area (Å²) < 4.78 is 37.6. The van der Waals surface area contributed by atoms with E-state index in [-0.39, 0.29) is 6.61 Å². The molecule has 2 rings (SSSR count). The van der Waals surface area contributed by atoms with Gasteiger partial charge in [-0.05, 0) is 28.8 Å². The molecule has 1 atom stereocenters. The van der Waals surface area contributed by atoms with Crippen LogP contribution in [0.3, 0.4) is 0 Å². The molecule has 0 saturated heterocycles. The van der Waals surface area contributed by atoms with Crippen LogP contribution in [0, 0.1) is 0 Å². The number of halogens is 3. The summed E-state index contributed by atoms with van der Waals surface area (Å²) in [6.45, 7) is -0.225. The Balaban J connectivity index is 2.42.